The molecule has 0 atom stereocenters. The average molecular weight is 380 g/mol. The summed E-state index contributed by atoms with van der Waals surface area (Å²) in [7, 11) is 0. The maximum atomic E-state index is 6.19. The summed E-state index contributed by atoms with van der Waals surface area (Å²) in [5.41, 5.74) is 2.07. The second-order valence-electron chi connectivity index (χ2n) is 6.15. The molecule has 3 nitrogen and oxygen atoms in total. The zero-order chi connectivity index (χ0) is 17.0. The lowest BCUT2D eigenvalue weighted by Gasteiger charge is -2.31. The first-order chi connectivity index (χ1) is 11.6. The van der Waals surface area contributed by atoms with Gasteiger partial charge in [0.15, 0.2) is 10.3 Å². The van der Waals surface area contributed by atoms with E-state index in [4.69, 9.17) is 35.4 Å². The molecule has 1 aliphatic rings. The van der Waals surface area contributed by atoms with Gasteiger partial charge in [0.1, 0.15) is 0 Å². The fourth-order valence-corrected chi connectivity index (χ4v) is 3.87. The maximum Gasteiger partial charge on any atom is 0.170 e. The Labute approximate surface area is 157 Å². The molecular weight excluding hydrogens is 361 g/mol. The number of benzene rings is 1. The molecule has 0 aliphatic heterocycles. The Kier molecular flexibility index (Phi) is 5.59. The van der Waals surface area contributed by atoms with E-state index in [0.29, 0.717) is 16.0 Å². The van der Waals surface area contributed by atoms with Crippen molar-refractivity contribution < 1.29 is 0 Å². The summed E-state index contributed by atoms with van der Waals surface area (Å²) in [6.07, 6.45) is 6.37. The molecule has 3 rings (SSSR count). The molecule has 0 radical (unpaired) electrons. The number of thiocarbonyl (C=S) groups is 1. The maximum absolute atomic E-state index is 6.19. The van der Waals surface area contributed by atoms with Crippen molar-refractivity contribution in [3.63, 3.8) is 0 Å². The fourth-order valence-electron chi connectivity index (χ4n) is 3.33. The number of nitrogens with one attached hydrogen (secondary N) is 2. The van der Waals surface area contributed by atoms with E-state index in [-0.39, 0.29) is 5.41 Å². The summed E-state index contributed by atoms with van der Waals surface area (Å²) in [4.78, 5) is 4.04. The number of rotatable bonds is 4. The Bertz CT molecular complexity index is 730. The minimum absolute atomic E-state index is 0.0787. The normalized spacial score (nSPS) is 15.9. The van der Waals surface area contributed by atoms with Gasteiger partial charge in [-0.15, -0.1) is 0 Å². The van der Waals surface area contributed by atoms with Crippen molar-refractivity contribution in [2.24, 2.45) is 0 Å². The van der Waals surface area contributed by atoms with Crippen molar-refractivity contribution in [3.05, 3.63) is 58.3 Å². The fraction of sp³-hybridized carbons (Fsp3) is 0.333. The smallest absolute Gasteiger partial charge is 0.170 e. The van der Waals surface area contributed by atoms with Gasteiger partial charge >= 0.3 is 0 Å². The van der Waals surface area contributed by atoms with Gasteiger partial charge in [-0.3, -0.25) is 0 Å². The zero-order valence-electron chi connectivity index (χ0n) is 13.2. The van der Waals surface area contributed by atoms with Crippen molar-refractivity contribution in [1.82, 2.24) is 10.3 Å². The SMILES string of the molecule is S=C(NCC1(c2cccc(Cl)c2)CCCC1)Nc1cccnc1Cl. The van der Waals surface area contributed by atoms with Gasteiger partial charge in [0, 0.05) is 23.2 Å². The standard InChI is InChI=1S/C18H19Cl2N3S/c19-14-6-3-5-13(11-14)18(8-1-2-9-18)12-22-17(24)23-15-7-4-10-21-16(15)20/h3-7,10-11H,1-2,8-9,12H2,(H2,22,23,24). The molecule has 2 N–H and O–H groups in total. The molecule has 0 bridgehead atoms. The van der Waals surface area contributed by atoms with Crippen LogP contribution in [0.1, 0.15) is 31.2 Å². The highest BCUT2D eigenvalue weighted by molar-refractivity contribution is 7.80. The zero-order valence-corrected chi connectivity index (χ0v) is 15.5. The third-order valence-electron chi connectivity index (χ3n) is 4.59. The van der Waals surface area contributed by atoms with E-state index in [1.54, 1.807) is 6.20 Å². The number of nitrogens with zero attached hydrogens (tertiary/aromatic N) is 1. The average Bonchev–Trinajstić information content (AvgIpc) is 3.05. The van der Waals surface area contributed by atoms with Crippen LogP contribution in [0.4, 0.5) is 5.69 Å². The second kappa shape index (κ2) is 7.68. The van der Waals surface area contributed by atoms with E-state index in [9.17, 15) is 0 Å². The van der Waals surface area contributed by atoms with Crippen LogP contribution < -0.4 is 10.6 Å². The summed E-state index contributed by atoms with van der Waals surface area (Å²) in [6.45, 7) is 0.775. The van der Waals surface area contributed by atoms with Crippen LogP contribution in [0.15, 0.2) is 42.6 Å². The second-order valence-corrected chi connectivity index (χ2v) is 7.35. The van der Waals surface area contributed by atoms with Crippen LogP contribution >= 0.6 is 35.4 Å². The number of anilines is 1. The van der Waals surface area contributed by atoms with Crippen LogP contribution in [-0.4, -0.2) is 16.6 Å². The first-order valence-electron chi connectivity index (χ1n) is 8.00. The van der Waals surface area contributed by atoms with Gasteiger partial charge in [0.05, 0.1) is 5.69 Å². The molecule has 2 aromatic rings. The molecule has 0 spiro atoms. The minimum atomic E-state index is 0.0787. The van der Waals surface area contributed by atoms with Crippen molar-refractivity contribution in [3.8, 4) is 0 Å². The minimum Gasteiger partial charge on any atom is -0.362 e. The summed E-state index contributed by atoms with van der Waals surface area (Å²) in [5.74, 6) is 0. The Morgan fingerprint density at radius 2 is 1.96 bits per heavy atom. The van der Waals surface area contributed by atoms with Gasteiger partial charge < -0.3 is 10.6 Å². The van der Waals surface area contributed by atoms with Crippen LogP contribution in [0.3, 0.4) is 0 Å². The van der Waals surface area contributed by atoms with Gasteiger partial charge in [-0.25, -0.2) is 4.98 Å². The molecule has 1 aromatic heterocycles. The van der Waals surface area contributed by atoms with Crippen molar-refractivity contribution >= 4 is 46.2 Å². The van der Waals surface area contributed by atoms with Gasteiger partial charge in [-0.05, 0) is 54.9 Å². The summed E-state index contributed by atoms with van der Waals surface area (Å²) >= 11 is 17.7. The summed E-state index contributed by atoms with van der Waals surface area (Å²) in [5, 5.41) is 8.21. The molecule has 0 saturated heterocycles. The van der Waals surface area contributed by atoms with E-state index in [0.717, 1.165) is 24.4 Å². The van der Waals surface area contributed by atoms with Crippen molar-refractivity contribution in [1.29, 1.82) is 0 Å². The number of pyridine rings is 1. The van der Waals surface area contributed by atoms with Crippen LogP contribution in [0.5, 0.6) is 0 Å². The topological polar surface area (TPSA) is 37.0 Å². The lowest BCUT2D eigenvalue weighted by molar-refractivity contribution is 0.435. The van der Waals surface area contributed by atoms with E-state index < -0.39 is 0 Å². The molecule has 126 valence electrons. The highest BCUT2D eigenvalue weighted by atomic mass is 35.5. The molecule has 1 aromatic carbocycles. The van der Waals surface area contributed by atoms with Crippen LogP contribution in [0, 0.1) is 0 Å². The third-order valence-corrected chi connectivity index (χ3v) is 5.37. The van der Waals surface area contributed by atoms with Crippen LogP contribution in [-0.2, 0) is 5.41 Å². The van der Waals surface area contributed by atoms with Gasteiger partial charge in [-0.1, -0.05) is 48.2 Å². The molecule has 0 amide bonds. The molecular formula is C18H19Cl2N3S. The Hall–Kier alpha value is -1.36. The van der Waals surface area contributed by atoms with E-state index >= 15 is 0 Å². The monoisotopic (exact) mass is 379 g/mol. The predicted octanol–water partition coefficient (Wildman–Crippen LogP) is 5.19. The van der Waals surface area contributed by atoms with E-state index in [2.05, 4.69) is 27.8 Å². The Morgan fingerprint density at radius 3 is 2.67 bits per heavy atom. The molecule has 6 heteroatoms. The number of aromatic nitrogens is 1. The summed E-state index contributed by atoms with van der Waals surface area (Å²) in [6, 6.07) is 11.8. The third kappa shape index (κ3) is 4.00. The summed E-state index contributed by atoms with van der Waals surface area (Å²) < 4.78 is 0. The molecule has 0 unspecified atom stereocenters. The van der Waals surface area contributed by atoms with Crippen molar-refractivity contribution in [2.75, 3.05) is 11.9 Å². The molecule has 24 heavy (non-hydrogen) atoms. The van der Waals surface area contributed by atoms with E-state index in [1.165, 1.54) is 18.4 Å². The Balaban J connectivity index is 1.69. The highest BCUT2D eigenvalue weighted by Crippen LogP contribution is 2.41. The largest absolute Gasteiger partial charge is 0.362 e. The lowest BCUT2D eigenvalue weighted by atomic mass is 9.79. The number of hydrogen-bond acceptors (Lipinski definition) is 2. The molecule has 1 aliphatic carbocycles. The number of hydrogen-bond donors (Lipinski definition) is 2. The number of halogens is 2. The molecule has 1 saturated carbocycles. The lowest BCUT2D eigenvalue weighted by Crippen LogP contribution is -2.40. The molecule has 1 heterocycles. The van der Waals surface area contributed by atoms with Crippen molar-refractivity contribution in [2.45, 2.75) is 31.1 Å². The van der Waals surface area contributed by atoms with Crippen LogP contribution in [0.2, 0.25) is 10.2 Å². The quantitative estimate of drug-likeness (QED) is 0.566. The van der Waals surface area contributed by atoms with Gasteiger partial charge in [-0.2, -0.15) is 0 Å². The first-order valence-corrected chi connectivity index (χ1v) is 9.17. The highest BCUT2D eigenvalue weighted by Gasteiger charge is 2.35. The van der Waals surface area contributed by atoms with E-state index in [1.807, 2.05) is 24.3 Å². The first kappa shape index (κ1) is 17.5. The molecule has 1 fully saturated rings. The van der Waals surface area contributed by atoms with Gasteiger partial charge in [0.25, 0.3) is 0 Å². The van der Waals surface area contributed by atoms with Crippen LogP contribution in [0.25, 0.3) is 0 Å². The Morgan fingerprint density at radius 1 is 1.17 bits per heavy atom. The predicted molar refractivity (Wildman–Crippen MR) is 105 cm³/mol. The van der Waals surface area contributed by atoms with Gasteiger partial charge in [0.2, 0.25) is 0 Å².